The van der Waals surface area contributed by atoms with Gasteiger partial charge in [0.25, 0.3) is 10.0 Å². The molecule has 0 saturated heterocycles. The number of hydrogen-bond donors (Lipinski definition) is 1. The number of anilines is 1. The molecular weight excluding hydrogens is 556 g/mol. The summed E-state index contributed by atoms with van der Waals surface area (Å²) in [4.78, 5) is 33.8. The molecule has 2 heterocycles. The Morgan fingerprint density at radius 2 is 1.50 bits per heavy atom. The average Bonchev–Trinajstić information content (AvgIpc) is 2.96. The number of carboxylic acids is 1. The first-order valence-corrected chi connectivity index (χ1v) is 14.6. The van der Waals surface area contributed by atoms with E-state index in [0.717, 1.165) is 21.6 Å². The zero-order valence-electron chi connectivity index (χ0n) is 23.5. The van der Waals surface area contributed by atoms with Gasteiger partial charge in [0.1, 0.15) is 18.0 Å². The van der Waals surface area contributed by atoms with Gasteiger partial charge in [-0.05, 0) is 61.7 Å². The van der Waals surface area contributed by atoms with Gasteiger partial charge in [0.05, 0.1) is 12.2 Å². The molecule has 218 valence electrons. The highest BCUT2D eigenvalue weighted by Gasteiger charge is 2.29. The topological polar surface area (TPSA) is 130 Å². The maximum atomic E-state index is 13.7. The number of aliphatic carboxylic acids is 1. The van der Waals surface area contributed by atoms with Crippen molar-refractivity contribution in [1.82, 2.24) is 14.3 Å². The maximum absolute atomic E-state index is 13.7. The molecule has 10 nitrogen and oxygen atoms in total. The van der Waals surface area contributed by atoms with Gasteiger partial charge in [0.15, 0.2) is 5.03 Å². The minimum absolute atomic E-state index is 0.0186. The van der Waals surface area contributed by atoms with Gasteiger partial charge < -0.3 is 9.84 Å². The van der Waals surface area contributed by atoms with E-state index in [4.69, 9.17) is 4.74 Å². The molecule has 11 heteroatoms. The summed E-state index contributed by atoms with van der Waals surface area (Å²) in [5, 5.41) is 9.30. The fraction of sp³-hybridized carbons (Fsp3) is 0.226. The summed E-state index contributed by atoms with van der Waals surface area (Å²) in [7, 11) is -4.07. The van der Waals surface area contributed by atoms with Crippen LogP contribution in [-0.2, 0) is 32.6 Å². The van der Waals surface area contributed by atoms with E-state index in [1.54, 1.807) is 45.0 Å². The van der Waals surface area contributed by atoms with Crippen LogP contribution in [-0.4, -0.2) is 52.0 Å². The standard InChI is InChI=1S/C31H32N4O6S/c1-31(2,3)41-30(38)35(22-29(36)37)27-13-9-12-26(33-27)21-34(42(39,40)28-14-7-8-19-32-28)20-23-15-17-25(18-16-23)24-10-5-4-6-11-24/h4-19H,20-22H2,1-3H3,(H,36,37). The molecular formula is C31H32N4O6S. The van der Waals surface area contributed by atoms with Crippen molar-refractivity contribution in [3.63, 3.8) is 0 Å². The molecule has 4 rings (SSSR count). The van der Waals surface area contributed by atoms with Crippen LogP contribution in [0.25, 0.3) is 11.1 Å². The molecule has 0 spiro atoms. The van der Waals surface area contributed by atoms with Gasteiger partial charge in [0.2, 0.25) is 0 Å². The SMILES string of the molecule is CC(C)(C)OC(=O)N(CC(=O)O)c1cccc(CN(Cc2ccc(-c3ccccc3)cc2)S(=O)(=O)c2ccccn2)n1. The average molecular weight is 589 g/mol. The summed E-state index contributed by atoms with van der Waals surface area (Å²) in [5.41, 5.74) is 2.21. The molecule has 0 atom stereocenters. The Morgan fingerprint density at radius 3 is 2.12 bits per heavy atom. The largest absolute Gasteiger partial charge is 0.480 e. The van der Waals surface area contributed by atoms with Crippen molar-refractivity contribution >= 4 is 27.9 Å². The third kappa shape index (κ3) is 7.99. The van der Waals surface area contributed by atoms with Gasteiger partial charge in [-0.1, -0.05) is 66.7 Å². The second-order valence-electron chi connectivity index (χ2n) is 10.5. The maximum Gasteiger partial charge on any atom is 0.416 e. The molecule has 4 aromatic rings. The number of carbonyl (C=O) groups excluding carboxylic acids is 1. The van der Waals surface area contributed by atoms with Crippen LogP contribution < -0.4 is 4.90 Å². The van der Waals surface area contributed by atoms with Crippen LogP contribution in [0.3, 0.4) is 0 Å². The normalized spacial score (nSPS) is 11.7. The second-order valence-corrected chi connectivity index (χ2v) is 12.3. The Bertz CT molecular complexity index is 1620. The molecule has 42 heavy (non-hydrogen) atoms. The number of pyridine rings is 2. The van der Waals surface area contributed by atoms with Crippen LogP contribution in [0.5, 0.6) is 0 Å². The molecule has 1 amide bonds. The lowest BCUT2D eigenvalue weighted by Gasteiger charge is -2.26. The van der Waals surface area contributed by atoms with Crippen LogP contribution in [0.2, 0.25) is 0 Å². The van der Waals surface area contributed by atoms with Crippen LogP contribution >= 0.6 is 0 Å². The van der Waals surface area contributed by atoms with Gasteiger partial charge in [-0.2, -0.15) is 4.31 Å². The number of aromatic nitrogens is 2. The van der Waals surface area contributed by atoms with Crippen molar-refractivity contribution < 1.29 is 27.9 Å². The van der Waals surface area contributed by atoms with Crippen molar-refractivity contribution in [3.05, 3.63) is 108 Å². The lowest BCUT2D eigenvalue weighted by molar-refractivity contribution is -0.135. The lowest BCUT2D eigenvalue weighted by Crippen LogP contribution is -2.40. The van der Waals surface area contributed by atoms with Crippen molar-refractivity contribution in [1.29, 1.82) is 0 Å². The fourth-order valence-electron chi connectivity index (χ4n) is 4.07. The number of amides is 1. The molecule has 0 unspecified atom stereocenters. The summed E-state index contributed by atoms with van der Waals surface area (Å²) >= 11 is 0. The smallest absolute Gasteiger partial charge is 0.416 e. The van der Waals surface area contributed by atoms with Crippen LogP contribution in [0.15, 0.2) is 102 Å². The van der Waals surface area contributed by atoms with Gasteiger partial charge in [-0.3, -0.25) is 9.69 Å². The van der Waals surface area contributed by atoms with E-state index >= 15 is 0 Å². The summed E-state index contributed by atoms with van der Waals surface area (Å²) in [5.74, 6) is -1.24. The third-order valence-electron chi connectivity index (χ3n) is 5.98. The van der Waals surface area contributed by atoms with Crippen molar-refractivity contribution in [2.75, 3.05) is 11.4 Å². The zero-order chi connectivity index (χ0) is 30.3. The fourth-order valence-corrected chi connectivity index (χ4v) is 5.40. The Hall–Kier alpha value is -4.61. The van der Waals surface area contributed by atoms with Crippen LogP contribution in [0.1, 0.15) is 32.0 Å². The Labute approximate surface area is 245 Å². The molecule has 0 fully saturated rings. The summed E-state index contributed by atoms with van der Waals surface area (Å²) in [6.07, 6.45) is 0.523. The highest BCUT2D eigenvalue weighted by Crippen LogP contribution is 2.24. The molecule has 0 aliphatic rings. The number of carbonyl (C=O) groups is 2. The Balaban J connectivity index is 1.66. The van der Waals surface area contributed by atoms with Gasteiger partial charge in [-0.25, -0.2) is 23.2 Å². The number of rotatable bonds is 10. The predicted molar refractivity (Wildman–Crippen MR) is 158 cm³/mol. The second kappa shape index (κ2) is 12.9. The molecule has 1 N–H and O–H groups in total. The van der Waals surface area contributed by atoms with E-state index in [9.17, 15) is 23.1 Å². The molecule has 0 radical (unpaired) electrons. The van der Waals surface area contributed by atoms with Crippen molar-refractivity contribution in [3.8, 4) is 11.1 Å². The number of benzene rings is 2. The molecule has 2 aromatic heterocycles. The number of carboxylic acid groups (broad SMARTS) is 1. The summed E-state index contributed by atoms with van der Waals surface area (Å²) in [6, 6.07) is 26.7. The number of nitrogens with zero attached hydrogens (tertiary/aromatic N) is 4. The molecule has 0 aliphatic carbocycles. The van der Waals surface area contributed by atoms with Gasteiger partial charge in [-0.15, -0.1) is 0 Å². The summed E-state index contributed by atoms with van der Waals surface area (Å²) in [6.45, 7) is 4.17. The van der Waals surface area contributed by atoms with Crippen LogP contribution in [0, 0.1) is 0 Å². The van der Waals surface area contributed by atoms with E-state index in [1.807, 2.05) is 54.6 Å². The van der Waals surface area contributed by atoms with E-state index in [0.29, 0.717) is 5.69 Å². The van der Waals surface area contributed by atoms with E-state index in [1.165, 1.54) is 22.6 Å². The van der Waals surface area contributed by atoms with Gasteiger partial charge in [0, 0.05) is 12.7 Å². The highest BCUT2D eigenvalue weighted by atomic mass is 32.2. The van der Waals surface area contributed by atoms with Gasteiger partial charge >= 0.3 is 12.1 Å². The number of ether oxygens (including phenoxy) is 1. The predicted octanol–water partition coefficient (Wildman–Crippen LogP) is 5.36. The first kappa shape index (κ1) is 30.4. The van der Waals surface area contributed by atoms with Crippen LogP contribution in [0.4, 0.5) is 10.6 Å². The Morgan fingerprint density at radius 1 is 0.833 bits per heavy atom. The Kier molecular flexibility index (Phi) is 9.34. The zero-order valence-corrected chi connectivity index (χ0v) is 24.4. The van der Waals surface area contributed by atoms with Crippen molar-refractivity contribution in [2.45, 2.75) is 44.5 Å². The number of sulfonamides is 1. The molecule has 2 aromatic carbocycles. The molecule has 0 saturated carbocycles. The quantitative estimate of drug-likeness (QED) is 0.262. The minimum atomic E-state index is -4.07. The van der Waals surface area contributed by atoms with E-state index < -0.39 is 34.2 Å². The molecule has 0 bridgehead atoms. The van der Waals surface area contributed by atoms with E-state index in [2.05, 4.69) is 9.97 Å². The van der Waals surface area contributed by atoms with Crippen molar-refractivity contribution in [2.24, 2.45) is 0 Å². The third-order valence-corrected chi connectivity index (χ3v) is 7.68. The highest BCUT2D eigenvalue weighted by molar-refractivity contribution is 7.89. The lowest BCUT2D eigenvalue weighted by atomic mass is 10.0. The minimum Gasteiger partial charge on any atom is -0.480 e. The first-order chi connectivity index (χ1) is 19.9. The van der Waals surface area contributed by atoms with E-state index in [-0.39, 0.29) is 23.9 Å². The summed E-state index contributed by atoms with van der Waals surface area (Å²) < 4.78 is 34.1. The first-order valence-electron chi connectivity index (χ1n) is 13.2. The number of hydrogen-bond acceptors (Lipinski definition) is 7. The molecule has 0 aliphatic heterocycles. The monoisotopic (exact) mass is 588 g/mol.